The van der Waals surface area contributed by atoms with Gasteiger partial charge in [0.05, 0.1) is 0 Å². The van der Waals surface area contributed by atoms with Crippen molar-refractivity contribution in [2.24, 2.45) is 5.73 Å². The highest BCUT2D eigenvalue weighted by Gasteiger charge is 2.41. The van der Waals surface area contributed by atoms with Crippen molar-refractivity contribution in [2.75, 3.05) is 26.2 Å². The van der Waals surface area contributed by atoms with Crippen molar-refractivity contribution < 1.29 is 23.5 Å². The average Bonchev–Trinajstić information content (AvgIpc) is 2.77. The van der Waals surface area contributed by atoms with E-state index in [9.17, 15) is 18.8 Å². The van der Waals surface area contributed by atoms with Crippen molar-refractivity contribution in [1.82, 2.24) is 15.1 Å². The van der Waals surface area contributed by atoms with Crippen molar-refractivity contribution in [3.05, 3.63) is 66.0 Å². The van der Waals surface area contributed by atoms with Crippen molar-refractivity contribution in [3.8, 4) is 5.75 Å². The van der Waals surface area contributed by atoms with Crippen LogP contribution in [0.4, 0.5) is 9.18 Å². The summed E-state index contributed by atoms with van der Waals surface area (Å²) in [4.78, 5) is 41.2. The Morgan fingerprint density at radius 3 is 2.37 bits per heavy atom. The first-order valence-electron chi connectivity index (χ1n) is 9.59. The topological polar surface area (TPSA) is 105 Å². The van der Waals surface area contributed by atoms with E-state index in [1.54, 1.807) is 30.3 Å². The molecule has 1 aliphatic heterocycles. The maximum atomic E-state index is 13.2. The van der Waals surface area contributed by atoms with Gasteiger partial charge in [0.25, 0.3) is 11.8 Å². The molecule has 1 heterocycles. The fraction of sp³-hybridized carbons (Fsp3) is 0.286. The number of carbonyl (C=O) groups is 3. The van der Waals surface area contributed by atoms with Gasteiger partial charge < -0.3 is 20.7 Å². The summed E-state index contributed by atoms with van der Waals surface area (Å²) in [6.07, 6.45) is -1.50. The van der Waals surface area contributed by atoms with Crippen molar-refractivity contribution in [1.29, 1.82) is 0 Å². The molecular weight excluding hydrogens is 391 g/mol. The van der Waals surface area contributed by atoms with Gasteiger partial charge in [-0.15, -0.1) is 0 Å². The quantitative estimate of drug-likeness (QED) is 0.773. The van der Waals surface area contributed by atoms with E-state index in [2.05, 4.69) is 5.32 Å². The number of amides is 3. The first-order valence-corrected chi connectivity index (χ1v) is 9.59. The summed E-state index contributed by atoms with van der Waals surface area (Å²) in [5.74, 6) is -1.18. The molecule has 1 atom stereocenters. The Bertz CT molecular complexity index is 892. The molecule has 0 saturated carbocycles. The number of hydrogen-bond acceptors (Lipinski definition) is 5. The molecule has 3 amide bonds. The SMILES string of the molecule is NCCNC(=O)C1N(C(=O)Oc2ccccc2)CCCN1C(=O)c1ccc(F)cc1. The standard InChI is InChI=1S/C21H23FN4O4/c22-16-9-7-15(8-10-16)20(28)25-13-4-14-26(19(25)18(27)24-12-11-23)21(29)30-17-5-2-1-3-6-17/h1-3,5-10,19H,4,11-14,23H2,(H,24,27). The number of nitrogens with one attached hydrogen (secondary N) is 1. The lowest BCUT2D eigenvalue weighted by Gasteiger charge is -2.41. The lowest BCUT2D eigenvalue weighted by Crippen LogP contribution is -2.64. The van der Waals surface area contributed by atoms with Crippen LogP contribution in [0.25, 0.3) is 0 Å². The van der Waals surface area contributed by atoms with Crippen LogP contribution >= 0.6 is 0 Å². The van der Waals surface area contributed by atoms with Gasteiger partial charge in [-0.25, -0.2) is 9.18 Å². The first-order chi connectivity index (χ1) is 14.5. The predicted octanol–water partition coefficient (Wildman–Crippen LogP) is 1.57. The van der Waals surface area contributed by atoms with Gasteiger partial charge in [0.2, 0.25) is 0 Å². The second kappa shape index (κ2) is 9.84. The highest BCUT2D eigenvalue weighted by atomic mass is 19.1. The predicted molar refractivity (Wildman–Crippen MR) is 107 cm³/mol. The number of rotatable bonds is 5. The van der Waals surface area contributed by atoms with E-state index in [0.29, 0.717) is 12.2 Å². The first kappa shape index (κ1) is 21.3. The van der Waals surface area contributed by atoms with Gasteiger partial charge in [0, 0.05) is 31.7 Å². The number of carbonyl (C=O) groups excluding carboxylic acids is 3. The Morgan fingerprint density at radius 1 is 1.03 bits per heavy atom. The lowest BCUT2D eigenvalue weighted by atomic mass is 10.1. The van der Waals surface area contributed by atoms with Gasteiger partial charge in [-0.3, -0.25) is 14.5 Å². The van der Waals surface area contributed by atoms with Crippen LogP contribution in [0.1, 0.15) is 16.8 Å². The molecule has 0 spiro atoms. The van der Waals surface area contributed by atoms with Crippen molar-refractivity contribution in [3.63, 3.8) is 0 Å². The molecule has 0 aliphatic carbocycles. The Morgan fingerprint density at radius 2 is 1.70 bits per heavy atom. The Hall–Kier alpha value is -3.46. The number of benzene rings is 2. The Labute approximate surface area is 173 Å². The number of hydrogen-bond donors (Lipinski definition) is 2. The van der Waals surface area contributed by atoms with Crippen molar-refractivity contribution >= 4 is 17.9 Å². The number of ether oxygens (including phenoxy) is 1. The van der Waals surface area contributed by atoms with E-state index < -0.39 is 29.9 Å². The molecule has 3 N–H and O–H groups in total. The Kier molecular flexibility index (Phi) is 6.97. The zero-order chi connectivity index (χ0) is 21.5. The molecule has 9 heteroatoms. The molecule has 0 bridgehead atoms. The number of nitrogens with two attached hydrogens (primary N) is 1. The normalized spacial score (nSPS) is 16.1. The zero-order valence-electron chi connectivity index (χ0n) is 16.3. The average molecular weight is 414 g/mol. The minimum atomic E-state index is -1.21. The van der Waals surface area contributed by atoms with Crippen LogP contribution in [0.3, 0.4) is 0 Å². The van der Waals surface area contributed by atoms with Crippen molar-refractivity contribution in [2.45, 2.75) is 12.6 Å². The molecule has 1 unspecified atom stereocenters. The summed E-state index contributed by atoms with van der Waals surface area (Å²) >= 11 is 0. The summed E-state index contributed by atoms with van der Waals surface area (Å²) < 4.78 is 18.6. The third-order valence-corrected chi connectivity index (χ3v) is 4.60. The fourth-order valence-electron chi connectivity index (χ4n) is 3.20. The summed E-state index contributed by atoms with van der Waals surface area (Å²) in [6.45, 7) is 0.889. The molecule has 8 nitrogen and oxygen atoms in total. The number of para-hydroxylation sites is 1. The van der Waals surface area contributed by atoms with Gasteiger partial charge in [-0.1, -0.05) is 18.2 Å². The van der Waals surface area contributed by atoms with Crippen LogP contribution < -0.4 is 15.8 Å². The van der Waals surface area contributed by atoms with Crippen LogP contribution in [0.15, 0.2) is 54.6 Å². The fourth-order valence-corrected chi connectivity index (χ4v) is 3.20. The lowest BCUT2D eigenvalue weighted by molar-refractivity contribution is -0.132. The van der Waals surface area contributed by atoms with E-state index in [-0.39, 0.29) is 31.7 Å². The minimum Gasteiger partial charge on any atom is -0.410 e. The Balaban J connectivity index is 1.86. The molecule has 3 rings (SSSR count). The maximum absolute atomic E-state index is 13.2. The van der Waals surface area contributed by atoms with Crippen LogP contribution in [-0.4, -0.2) is 60.1 Å². The molecule has 158 valence electrons. The van der Waals surface area contributed by atoms with E-state index >= 15 is 0 Å². The van der Waals surface area contributed by atoms with Gasteiger partial charge in [0.1, 0.15) is 11.6 Å². The third kappa shape index (κ3) is 4.93. The smallest absolute Gasteiger partial charge is 0.410 e. The molecule has 0 aromatic heterocycles. The van der Waals surface area contributed by atoms with Crippen LogP contribution in [0.5, 0.6) is 5.75 Å². The number of halogens is 1. The highest BCUT2D eigenvalue weighted by Crippen LogP contribution is 2.21. The molecule has 1 saturated heterocycles. The summed E-state index contributed by atoms with van der Waals surface area (Å²) in [6, 6.07) is 13.5. The molecule has 2 aromatic rings. The van der Waals surface area contributed by atoms with E-state index in [1.165, 1.54) is 34.1 Å². The van der Waals surface area contributed by atoms with E-state index in [4.69, 9.17) is 10.5 Å². The molecule has 0 radical (unpaired) electrons. The van der Waals surface area contributed by atoms with Gasteiger partial charge in [-0.2, -0.15) is 0 Å². The second-order valence-electron chi connectivity index (χ2n) is 6.69. The minimum absolute atomic E-state index is 0.190. The summed E-state index contributed by atoms with van der Waals surface area (Å²) in [5, 5.41) is 2.63. The van der Waals surface area contributed by atoms with Gasteiger partial charge in [-0.05, 0) is 42.8 Å². The van der Waals surface area contributed by atoms with Gasteiger partial charge in [0.15, 0.2) is 6.17 Å². The van der Waals surface area contributed by atoms with E-state index in [1.807, 2.05) is 0 Å². The zero-order valence-corrected chi connectivity index (χ0v) is 16.3. The maximum Gasteiger partial charge on any atom is 0.417 e. The van der Waals surface area contributed by atoms with Gasteiger partial charge >= 0.3 is 6.09 Å². The third-order valence-electron chi connectivity index (χ3n) is 4.60. The molecule has 30 heavy (non-hydrogen) atoms. The summed E-state index contributed by atoms with van der Waals surface area (Å²) in [7, 11) is 0. The highest BCUT2D eigenvalue weighted by molar-refractivity contribution is 5.98. The molecule has 2 aromatic carbocycles. The molecule has 1 fully saturated rings. The second-order valence-corrected chi connectivity index (χ2v) is 6.69. The number of nitrogens with zero attached hydrogens (tertiary/aromatic N) is 2. The van der Waals surface area contributed by atoms with Crippen LogP contribution in [0, 0.1) is 5.82 Å². The largest absolute Gasteiger partial charge is 0.417 e. The van der Waals surface area contributed by atoms with Crippen LogP contribution in [-0.2, 0) is 4.79 Å². The summed E-state index contributed by atoms with van der Waals surface area (Å²) in [5.41, 5.74) is 5.68. The van der Waals surface area contributed by atoms with Crippen LogP contribution in [0.2, 0.25) is 0 Å². The molecular formula is C21H23FN4O4. The monoisotopic (exact) mass is 414 g/mol. The molecule has 1 aliphatic rings. The van der Waals surface area contributed by atoms with E-state index in [0.717, 1.165) is 0 Å².